The van der Waals surface area contributed by atoms with Crippen LogP contribution in [0.4, 0.5) is 9.18 Å². The average molecular weight is 413 g/mol. The van der Waals surface area contributed by atoms with Gasteiger partial charge >= 0.3 is 6.09 Å². The van der Waals surface area contributed by atoms with Crippen molar-refractivity contribution in [1.29, 1.82) is 0 Å². The quantitative estimate of drug-likeness (QED) is 0.649. The highest BCUT2D eigenvalue weighted by molar-refractivity contribution is 5.95. The first-order valence-electron chi connectivity index (χ1n) is 10.5. The first-order chi connectivity index (χ1) is 14.2. The van der Waals surface area contributed by atoms with E-state index in [0.717, 1.165) is 47.1 Å². The molecule has 6 nitrogen and oxygen atoms in total. The van der Waals surface area contributed by atoms with Crippen LogP contribution in [0.25, 0.3) is 22.0 Å². The van der Waals surface area contributed by atoms with E-state index in [1.54, 1.807) is 11.0 Å². The Morgan fingerprint density at radius 3 is 2.70 bits per heavy atom. The van der Waals surface area contributed by atoms with E-state index < -0.39 is 5.60 Å². The summed E-state index contributed by atoms with van der Waals surface area (Å²) in [6, 6.07) is 4.80. The number of aromatic nitrogens is 3. The molecule has 0 saturated carbocycles. The predicted octanol–water partition coefficient (Wildman–Crippen LogP) is 5.13. The summed E-state index contributed by atoms with van der Waals surface area (Å²) in [5.41, 5.74) is 3.36. The van der Waals surface area contributed by atoms with Crippen LogP contribution in [0.2, 0.25) is 0 Å². The molecule has 0 aliphatic carbocycles. The number of aromatic amines is 1. The molecule has 4 rings (SSSR count). The summed E-state index contributed by atoms with van der Waals surface area (Å²) in [5, 5.41) is 5.70. The minimum absolute atomic E-state index is 0.228. The van der Waals surface area contributed by atoms with Gasteiger partial charge in [-0.2, -0.15) is 5.10 Å². The molecule has 7 heteroatoms. The van der Waals surface area contributed by atoms with Gasteiger partial charge in [0.05, 0.1) is 5.69 Å². The Labute approximate surface area is 176 Å². The van der Waals surface area contributed by atoms with Crippen LogP contribution in [0.3, 0.4) is 0 Å². The van der Waals surface area contributed by atoms with E-state index in [9.17, 15) is 9.18 Å². The molecule has 0 spiro atoms. The molecule has 0 bridgehead atoms. The standard InChI is InChI=1S/C23H29FN4O2/c1-15-20(19-12-25-21-11-17(24)5-6-18(19)21)14-28(26-15)13-16-7-9-27(10-8-16)22(29)30-23(2,3)4/h5-6,11-12,14,16,25H,7-10,13H2,1-4H3. The highest BCUT2D eigenvalue weighted by Gasteiger charge is 2.27. The zero-order valence-corrected chi connectivity index (χ0v) is 18.0. The van der Waals surface area contributed by atoms with Crippen LogP contribution in [-0.2, 0) is 11.3 Å². The van der Waals surface area contributed by atoms with Gasteiger partial charge in [0.15, 0.2) is 0 Å². The van der Waals surface area contributed by atoms with Crippen molar-refractivity contribution >= 4 is 17.0 Å². The van der Waals surface area contributed by atoms with Crippen LogP contribution >= 0.6 is 0 Å². The molecule has 1 aliphatic rings. The number of hydrogen-bond donors (Lipinski definition) is 1. The number of likely N-dealkylation sites (tertiary alicyclic amines) is 1. The van der Waals surface area contributed by atoms with Gasteiger partial charge in [0.2, 0.25) is 0 Å². The zero-order chi connectivity index (χ0) is 21.5. The van der Waals surface area contributed by atoms with E-state index in [4.69, 9.17) is 9.84 Å². The van der Waals surface area contributed by atoms with Crippen molar-refractivity contribution in [2.45, 2.75) is 52.7 Å². The number of hydrogen-bond acceptors (Lipinski definition) is 3. The molecule has 0 radical (unpaired) electrons. The van der Waals surface area contributed by atoms with Gasteiger partial charge in [-0.05, 0) is 64.7 Å². The smallest absolute Gasteiger partial charge is 0.410 e. The highest BCUT2D eigenvalue weighted by Crippen LogP contribution is 2.31. The maximum atomic E-state index is 13.5. The number of amides is 1. The van der Waals surface area contributed by atoms with E-state index in [2.05, 4.69) is 11.2 Å². The molecule has 3 heterocycles. The zero-order valence-electron chi connectivity index (χ0n) is 18.0. The third-order valence-corrected chi connectivity index (χ3v) is 5.59. The van der Waals surface area contributed by atoms with Crippen LogP contribution in [0.5, 0.6) is 0 Å². The Morgan fingerprint density at radius 2 is 2.00 bits per heavy atom. The number of rotatable bonds is 3. The molecule has 1 amide bonds. The first kappa shape index (κ1) is 20.4. The van der Waals surface area contributed by atoms with Crippen LogP contribution in [-0.4, -0.2) is 44.4 Å². The summed E-state index contributed by atoms with van der Waals surface area (Å²) in [7, 11) is 0. The SMILES string of the molecule is Cc1nn(CC2CCN(C(=O)OC(C)(C)C)CC2)cc1-c1c[nH]c2cc(F)ccc12. The van der Waals surface area contributed by atoms with Crippen molar-refractivity contribution in [2.75, 3.05) is 13.1 Å². The number of nitrogens with one attached hydrogen (secondary N) is 1. The Balaban J connectivity index is 1.42. The normalized spacial score (nSPS) is 15.7. The second kappa shape index (κ2) is 7.78. The van der Waals surface area contributed by atoms with Gasteiger partial charge in [-0.15, -0.1) is 0 Å². The van der Waals surface area contributed by atoms with E-state index in [-0.39, 0.29) is 11.9 Å². The number of aryl methyl sites for hydroxylation is 1. The number of H-pyrrole nitrogens is 1. The number of carbonyl (C=O) groups excluding carboxylic acids is 1. The minimum Gasteiger partial charge on any atom is -0.444 e. The minimum atomic E-state index is -0.467. The number of piperidine rings is 1. The van der Waals surface area contributed by atoms with Crippen molar-refractivity contribution in [3.63, 3.8) is 0 Å². The average Bonchev–Trinajstić information content (AvgIpc) is 3.23. The van der Waals surface area contributed by atoms with Gasteiger partial charge in [0.1, 0.15) is 11.4 Å². The van der Waals surface area contributed by atoms with Gasteiger partial charge < -0.3 is 14.6 Å². The molecule has 160 valence electrons. The molecule has 1 aromatic carbocycles. The fourth-order valence-electron chi connectivity index (χ4n) is 4.09. The second-order valence-electron chi connectivity index (χ2n) is 9.15. The lowest BCUT2D eigenvalue weighted by Crippen LogP contribution is -2.42. The third kappa shape index (κ3) is 4.35. The lowest BCUT2D eigenvalue weighted by molar-refractivity contribution is 0.0177. The fraction of sp³-hybridized carbons (Fsp3) is 0.478. The van der Waals surface area contributed by atoms with Crippen molar-refractivity contribution in [3.8, 4) is 11.1 Å². The highest BCUT2D eigenvalue weighted by atomic mass is 19.1. The molecule has 1 fully saturated rings. The number of carbonyl (C=O) groups is 1. The molecule has 1 saturated heterocycles. The molecular formula is C23H29FN4O2. The lowest BCUT2D eigenvalue weighted by atomic mass is 9.97. The van der Waals surface area contributed by atoms with Gasteiger partial charge in [0.25, 0.3) is 0 Å². The largest absolute Gasteiger partial charge is 0.444 e. The number of halogens is 1. The summed E-state index contributed by atoms with van der Waals surface area (Å²) in [5.74, 6) is 0.217. The van der Waals surface area contributed by atoms with Crippen molar-refractivity contribution in [1.82, 2.24) is 19.7 Å². The third-order valence-electron chi connectivity index (χ3n) is 5.59. The van der Waals surface area contributed by atoms with E-state index in [0.29, 0.717) is 19.0 Å². The molecule has 0 unspecified atom stereocenters. The summed E-state index contributed by atoms with van der Waals surface area (Å²) in [4.78, 5) is 17.2. The topological polar surface area (TPSA) is 63.1 Å². The molecule has 2 aromatic heterocycles. The fourth-order valence-corrected chi connectivity index (χ4v) is 4.09. The van der Waals surface area contributed by atoms with Crippen LogP contribution in [0, 0.1) is 18.7 Å². The molecule has 0 atom stereocenters. The van der Waals surface area contributed by atoms with Gasteiger partial charge in [-0.3, -0.25) is 4.68 Å². The predicted molar refractivity (Wildman–Crippen MR) is 115 cm³/mol. The van der Waals surface area contributed by atoms with Gasteiger partial charge in [-0.25, -0.2) is 9.18 Å². The Bertz CT molecular complexity index is 1060. The maximum Gasteiger partial charge on any atom is 0.410 e. The van der Waals surface area contributed by atoms with Crippen LogP contribution in [0.15, 0.2) is 30.6 Å². The van der Waals surface area contributed by atoms with Crippen molar-refractivity contribution in [2.24, 2.45) is 5.92 Å². The molecule has 1 aliphatic heterocycles. The number of nitrogens with zero attached hydrogens (tertiary/aromatic N) is 3. The molecule has 1 N–H and O–H groups in total. The summed E-state index contributed by atoms with van der Waals surface area (Å²) < 4.78 is 21.0. The second-order valence-corrected chi connectivity index (χ2v) is 9.15. The van der Waals surface area contributed by atoms with Crippen LogP contribution in [0.1, 0.15) is 39.3 Å². The maximum absolute atomic E-state index is 13.5. The number of ether oxygens (including phenoxy) is 1. The number of fused-ring (bicyclic) bond motifs is 1. The van der Waals surface area contributed by atoms with E-state index in [1.807, 2.05) is 38.6 Å². The summed E-state index contributed by atoms with van der Waals surface area (Å²) >= 11 is 0. The van der Waals surface area contributed by atoms with E-state index in [1.165, 1.54) is 12.1 Å². The Kier molecular flexibility index (Phi) is 5.30. The Hall–Kier alpha value is -2.83. The first-order valence-corrected chi connectivity index (χ1v) is 10.5. The molecule has 3 aromatic rings. The van der Waals surface area contributed by atoms with Crippen LogP contribution < -0.4 is 0 Å². The monoisotopic (exact) mass is 412 g/mol. The molecular weight excluding hydrogens is 383 g/mol. The molecule has 30 heavy (non-hydrogen) atoms. The van der Waals surface area contributed by atoms with Gasteiger partial charge in [0, 0.05) is 54.1 Å². The lowest BCUT2D eigenvalue weighted by Gasteiger charge is -2.33. The number of benzene rings is 1. The summed E-state index contributed by atoms with van der Waals surface area (Å²) in [6.45, 7) is 9.90. The Morgan fingerprint density at radius 1 is 1.27 bits per heavy atom. The van der Waals surface area contributed by atoms with Gasteiger partial charge in [-0.1, -0.05) is 0 Å². The van der Waals surface area contributed by atoms with Crippen molar-refractivity contribution < 1.29 is 13.9 Å². The van der Waals surface area contributed by atoms with E-state index >= 15 is 0 Å². The van der Waals surface area contributed by atoms with Crippen molar-refractivity contribution in [3.05, 3.63) is 42.1 Å². The summed E-state index contributed by atoms with van der Waals surface area (Å²) in [6.07, 6.45) is 5.62.